The third-order valence-electron chi connectivity index (χ3n) is 2.62. The van der Waals surface area contributed by atoms with Gasteiger partial charge in [-0.3, -0.25) is 0 Å². The summed E-state index contributed by atoms with van der Waals surface area (Å²) in [6.45, 7) is 1.46. The van der Waals surface area contributed by atoms with Crippen molar-refractivity contribution in [3.63, 3.8) is 0 Å². The van der Waals surface area contributed by atoms with Gasteiger partial charge < -0.3 is 14.8 Å². The van der Waals surface area contributed by atoms with Crippen molar-refractivity contribution in [1.29, 1.82) is 0 Å². The van der Waals surface area contributed by atoms with Gasteiger partial charge in [0.25, 0.3) is 0 Å². The van der Waals surface area contributed by atoms with E-state index in [-0.39, 0.29) is 0 Å². The molecule has 4 nitrogen and oxygen atoms in total. The van der Waals surface area contributed by atoms with Crippen LogP contribution < -0.4 is 14.8 Å². The lowest BCUT2D eigenvalue weighted by Gasteiger charge is -2.10. The minimum atomic E-state index is 0.673. The highest BCUT2D eigenvalue weighted by atomic mass is 16.5. The van der Waals surface area contributed by atoms with Crippen LogP contribution in [0.5, 0.6) is 11.5 Å². The van der Waals surface area contributed by atoms with Gasteiger partial charge in [0.1, 0.15) is 5.75 Å². The molecule has 0 atom stereocenters. The number of anilines is 1. The summed E-state index contributed by atoms with van der Waals surface area (Å²) in [7, 11) is 1.64. The van der Waals surface area contributed by atoms with Gasteiger partial charge >= 0.3 is 0 Å². The van der Waals surface area contributed by atoms with Gasteiger partial charge in [0.15, 0.2) is 11.6 Å². The number of ether oxygens (including phenoxy) is 2. The van der Waals surface area contributed by atoms with Crippen molar-refractivity contribution in [2.24, 2.45) is 0 Å². The third kappa shape index (κ3) is 4.17. The summed E-state index contributed by atoms with van der Waals surface area (Å²) in [5.74, 6) is 2.43. The van der Waals surface area contributed by atoms with Crippen LogP contribution in [0, 0.1) is 0 Å². The van der Waals surface area contributed by atoms with Crippen molar-refractivity contribution in [2.75, 3.05) is 25.6 Å². The highest BCUT2D eigenvalue weighted by molar-refractivity contribution is 5.49. The summed E-state index contributed by atoms with van der Waals surface area (Å²) in [6, 6.07) is 13.5. The second-order valence-electron chi connectivity index (χ2n) is 4.00. The van der Waals surface area contributed by atoms with Crippen LogP contribution in [0.4, 0.5) is 5.82 Å². The zero-order chi connectivity index (χ0) is 13.3. The fraction of sp³-hybridized carbons (Fsp3) is 0.267. The topological polar surface area (TPSA) is 43.4 Å². The molecular weight excluding hydrogens is 240 g/mol. The third-order valence-corrected chi connectivity index (χ3v) is 2.62. The van der Waals surface area contributed by atoms with Crippen LogP contribution >= 0.6 is 0 Å². The van der Waals surface area contributed by atoms with E-state index in [1.165, 1.54) is 0 Å². The van der Waals surface area contributed by atoms with Gasteiger partial charge in [0, 0.05) is 12.7 Å². The second kappa shape index (κ2) is 7.26. The number of para-hydroxylation sites is 1. The lowest BCUT2D eigenvalue weighted by atomic mass is 10.3. The normalized spacial score (nSPS) is 9.95. The quantitative estimate of drug-likeness (QED) is 0.775. The number of rotatable bonds is 7. The van der Waals surface area contributed by atoms with E-state index in [4.69, 9.17) is 9.47 Å². The van der Waals surface area contributed by atoms with Crippen LogP contribution in [-0.2, 0) is 0 Å². The molecule has 0 radical (unpaired) electrons. The molecule has 0 amide bonds. The van der Waals surface area contributed by atoms with Gasteiger partial charge in [0.05, 0.1) is 13.7 Å². The average molecular weight is 258 g/mol. The Bertz CT molecular complexity index is 489. The van der Waals surface area contributed by atoms with Gasteiger partial charge in [-0.1, -0.05) is 18.2 Å². The molecule has 0 aliphatic carbocycles. The van der Waals surface area contributed by atoms with Crippen LogP contribution in [0.25, 0.3) is 0 Å². The molecule has 0 fully saturated rings. The van der Waals surface area contributed by atoms with E-state index in [1.807, 2.05) is 42.5 Å². The highest BCUT2D eigenvalue weighted by Gasteiger charge is 2.01. The molecule has 2 rings (SSSR count). The largest absolute Gasteiger partial charge is 0.494 e. The summed E-state index contributed by atoms with van der Waals surface area (Å²) >= 11 is 0. The molecular formula is C15H18N2O2. The van der Waals surface area contributed by atoms with Gasteiger partial charge in [-0.2, -0.15) is 0 Å². The number of pyridine rings is 1. The Kier molecular flexibility index (Phi) is 5.05. The van der Waals surface area contributed by atoms with Crippen LogP contribution in [0.2, 0.25) is 0 Å². The molecule has 1 heterocycles. The fourth-order valence-electron chi connectivity index (χ4n) is 1.67. The molecule has 0 aliphatic rings. The predicted molar refractivity (Wildman–Crippen MR) is 75.8 cm³/mol. The van der Waals surface area contributed by atoms with Crippen molar-refractivity contribution in [3.05, 3.63) is 48.7 Å². The first kappa shape index (κ1) is 13.2. The van der Waals surface area contributed by atoms with Gasteiger partial charge in [0.2, 0.25) is 0 Å². The van der Waals surface area contributed by atoms with E-state index in [2.05, 4.69) is 10.3 Å². The maximum absolute atomic E-state index is 5.61. The van der Waals surface area contributed by atoms with E-state index in [9.17, 15) is 0 Å². The standard InChI is InChI=1S/C15H18N2O2/c1-18-14-9-5-10-16-15(14)17-11-6-12-19-13-7-3-2-4-8-13/h2-5,7-10H,6,11-12H2,1H3,(H,16,17). The van der Waals surface area contributed by atoms with Crippen molar-refractivity contribution in [1.82, 2.24) is 4.98 Å². The molecule has 19 heavy (non-hydrogen) atoms. The zero-order valence-corrected chi connectivity index (χ0v) is 11.0. The summed E-state index contributed by atoms with van der Waals surface area (Å²) in [5.41, 5.74) is 0. The molecule has 100 valence electrons. The molecule has 0 saturated carbocycles. The molecule has 1 aromatic carbocycles. The first-order valence-corrected chi connectivity index (χ1v) is 6.31. The molecule has 1 N–H and O–H groups in total. The van der Waals surface area contributed by atoms with E-state index in [0.29, 0.717) is 6.61 Å². The molecule has 4 heteroatoms. The van der Waals surface area contributed by atoms with Crippen LogP contribution in [-0.4, -0.2) is 25.2 Å². The molecule has 0 spiro atoms. The Labute approximate surface area is 113 Å². The first-order valence-electron chi connectivity index (χ1n) is 6.31. The number of aromatic nitrogens is 1. The van der Waals surface area contributed by atoms with Crippen molar-refractivity contribution < 1.29 is 9.47 Å². The zero-order valence-electron chi connectivity index (χ0n) is 11.0. The van der Waals surface area contributed by atoms with E-state index in [1.54, 1.807) is 13.3 Å². The van der Waals surface area contributed by atoms with Crippen LogP contribution in [0.15, 0.2) is 48.7 Å². The number of hydrogen-bond acceptors (Lipinski definition) is 4. The maximum atomic E-state index is 5.61. The lowest BCUT2D eigenvalue weighted by Crippen LogP contribution is -2.09. The number of hydrogen-bond donors (Lipinski definition) is 1. The Morgan fingerprint density at radius 2 is 1.95 bits per heavy atom. The van der Waals surface area contributed by atoms with E-state index < -0.39 is 0 Å². The number of benzene rings is 1. The fourth-order valence-corrected chi connectivity index (χ4v) is 1.67. The van der Waals surface area contributed by atoms with Gasteiger partial charge in [-0.25, -0.2) is 4.98 Å². The average Bonchev–Trinajstić information content (AvgIpc) is 2.48. The lowest BCUT2D eigenvalue weighted by molar-refractivity contribution is 0.315. The van der Waals surface area contributed by atoms with Crippen molar-refractivity contribution in [3.8, 4) is 11.5 Å². The summed E-state index contributed by atoms with van der Waals surface area (Å²) in [6.07, 6.45) is 2.64. The summed E-state index contributed by atoms with van der Waals surface area (Å²) < 4.78 is 10.8. The van der Waals surface area contributed by atoms with Crippen LogP contribution in [0.3, 0.4) is 0 Å². The summed E-state index contributed by atoms with van der Waals surface area (Å²) in [5, 5.41) is 3.23. The maximum Gasteiger partial charge on any atom is 0.168 e. The molecule has 0 aliphatic heterocycles. The van der Waals surface area contributed by atoms with Gasteiger partial charge in [-0.15, -0.1) is 0 Å². The van der Waals surface area contributed by atoms with E-state index in [0.717, 1.165) is 30.3 Å². The highest BCUT2D eigenvalue weighted by Crippen LogP contribution is 2.19. The minimum absolute atomic E-state index is 0.673. The Balaban J connectivity index is 1.69. The SMILES string of the molecule is COc1cccnc1NCCCOc1ccccc1. The number of nitrogens with one attached hydrogen (secondary N) is 1. The predicted octanol–water partition coefficient (Wildman–Crippen LogP) is 2.97. The summed E-state index contributed by atoms with van der Waals surface area (Å²) in [4.78, 5) is 4.23. The van der Waals surface area contributed by atoms with Crippen molar-refractivity contribution in [2.45, 2.75) is 6.42 Å². The molecule has 0 bridgehead atoms. The minimum Gasteiger partial charge on any atom is -0.494 e. The molecule has 0 saturated heterocycles. The molecule has 1 aromatic heterocycles. The number of nitrogens with zero attached hydrogens (tertiary/aromatic N) is 1. The Hall–Kier alpha value is -2.23. The Morgan fingerprint density at radius 1 is 1.11 bits per heavy atom. The Morgan fingerprint density at radius 3 is 2.74 bits per heavy atom. The molecule has 2 aromatic rings. The molecule has 0 unspecified atom stereocenters. The van der Waals surface area contributed by atoms with Gasteiger partial charge in [-0.05, 0) is 30.7 Å². The second-order valence-corrected chi connectivity index (χ2v) is 4.00. The van der Waals surface area contributed by atoms with Crippen molar-refractivity contribution >= 4 is 5.82 Å². The van der Waals surface area contributed by atoms with Crippen LogP contribution in [0.1, 0.15) is 6.42 Å². The number of methoxy groups -OCH3 is 1. The monoisotopic (exact) mass is 258 g/mol. The first-order chi connectivity index (χ1) is 9.40. The van der Waals surface area contributed by atoms with E-state index >= 15 is 0 Å². The smallest absolute Gasteiger partial charge is 0.168 e.